The molecule has 2 N–H and O–H groups in total. The molecule has 0 aromatic heterocycles. The summed E-state index contributed by atoms with van der Waals surface area (Å²) in [6.07, 6.45) is 6.02. The highest BCUT2D eigenvalue weighted by molar-refractivity contribution is 5.81. The van der Waals surface area contributed by atoms with E-state index in [1.54, 1.807) is 0 Å². The monoisotopic (exact) mass is 269 g/mol. The van der Waals surface area contributed by atoms with Crippen LogP contribution in [0.3, 0.4) is 0 Å². The summed E-state index contributed by atoms with van der Waals surface area (Å²) in [5.41, 5.74) is 0. The summed E-state index contributed by atoms with van der Waals surface area (Å²) in [4.78, 5) is 14.4. The van der Waals surface area contributed by atoms with E-state index in [9.17, 15) is 4.79 Å². The van der Waals surface area contributed by atoms with Crippen LogP contribution < -0.4 is 10.6 Å². The van der Waals surface area contributed by atoms with Crippen LogP contribution >= 0.6 is 0 Å². The minimum Gasteiger partial charge on any atom is -0.355 e. The lowest BCUT2D eigenvalue weighted by Gasteiger charge is -2.33. The van der Waals surface area contributed by atoms with Gasteiger partial charge < -0.3 is 10.6 Å². The molecule has 0 aromatic rings. The van der Waals surface area contributed by atoms with Crippen molar-refractivity contribution in [2.75, 3.05) is 26.2 Å². The van der Waals surface area contributed by atoms with Gasteiger partial charge in [-0.1, -0.05) is 26.7 Å². The number of hydrogen-bond acceptors (Lipinski definition) is 3. The van der Waals surface area contributed by atoms with E-state index in [0.717, 1.165) is 39.0 Å². The molecule has 0 aromatic carbocycles. The normalized spacial score (nSPS) is 21.4. The van der Waals surface area contributed by atoms with Crippen molar-refractivity contribution in [1.29, 1.82) is 0 Å². The number of hydrogen-bond donors (Lipinski definition) is 2. The quantitative estimate of drug-likeness (QED) is 0.660. The lowest BCUT2D eigenvalue weighted by Crippen LogP contribution is -2.51. The summed E-state index contributed by atoms with van der Waals surface area (Å²) >= 11 is 0. The standard InChI is InChI=1S/C15H31N3O/c1-4-6-10-17-15(19)13(3)18(5-2)12-14-9-7-8-11-16-14/h13-14,16H,4-12H2,1-3H3,(H,17,19). The Morgan fingerprint density at radius 3 is 2.79 bits per heavy atom. The molecule has 0 radical (unpaired) electrons. The first-order valence-corrected chi connectivity index (χ1v) is 7.94. The molecule has 1 saturated heterocycles. The number of nitrogens with zero attached hydrogens (tertiary/aromatic N) is 1. The minimum absolute atomic E-state index is 0.0226. The number of piperidine rings is 1. The Labute approximate surface area is 118 Å². The number of nitrogens with one attached hydrogen (secondary N) is 2. The van der Waals surface area contributed by atoms with E-state index in [2.05, 4.69) is 29.4 Å². The molecule has 1 aliphatic heterocycles. The molecule has 0 aliphatic carbocycles. The molecule has 1 aliphatic rings. The van der Waals surface area contributed by atoms with Crippen molar-refractivity contribution in [3.8, 4) is 0 Å². The zero-order valence-corrected chi connectivity index (χ0v) is 12.9. The first kappa shape index (κ1) is 16.4. The maximum atomic E-state index is 12.1. The lowest BCUT2D eigenvalue weighted by molar-refractivity contribution is -0.126. The molecular formula is C15H31N3O. The van der Waals surface area contributed by atoms with Gasteiger partial charge in [-0.3, -0.25) is 9.69 Å². The Morgan fingerprint density at radius 1 is 1.42 bits per heavy atom. The van der Waals surface area contributed by atoms with Crippen LogP contribution in [0.4, 0.5) is 0 Å². The van der Waals surface area contributed by atoms with Crippen molar-refractivity contribution in [3.05, 3.63) is 0 Å². The third-order valence-electron chi connectivity index (χ3n) is 4.03. The smallest absolute Gasteiger partial charge is 0.237 e. The second-order valence-corrected chi connectivity index (χ2v) is 5.55. The minimum atomic E-state index is -0.0226. The van der Waals surface area contributed by atoms with Gasteiger partial charge in [0.25, 0.3) is 0 Å². The van der Waals surface area contributed by atoms with E-state index in [0.29, 0.717) is 6.04 Å². The second-order valence-electron chi connectivity index (χ2n) is 5.55. The van der Waals surface area contributed by atoms with Crippen LogP contribution in [-0.2, 0) is 4.79 Å². The van der Waals surface area contributed by atoms with E-state index in [4.69, 9.17) is 0 Å². The van der Waals surface area contributed by atoms with Crippen LogP contribution in [0.1, 0.15) is 52.9 Å². The van der Waals surface area contributed by atoms with Gasteiger partial charge in [-0.2, -0.15) is 0 Å². The average Bonchev–Trinajstić information content (AvgIpc) is 2.45. The van der Waals surface area contributed by atoms with Crippen LogP contribution in [0.5, 0.6) is 0 Å². The Kier molecular flexibility index (Phi) is 8.07. The van der Waals surface area contributed by atoms with Crippen molar-refractivity contribution >= 4 is 5.91 Å². The molecule has 1 rings (SSSR count). The molecule has 112 valence electrons. The summed E-state index contributed by atoms with van der Waals surface area (Å²) in [6, 6.07) is 0.533. The Balaban J connectivity index is 2.36. The van der Waals surface area contributed by atoms with Crippen molar-refractivity contribution in [2.24, 2.45) is 0 Å². The van der Waals surface area contributed by atoms with Gasteiger partial charge in [-0.05, 0) is 39.3 Å². The molecule has 2 atom stereocenters. The Bertz CT molecular complexity index is 252. The van der Waals surface area contributed by atoms with E-state index < -0.39 is 0 Å². The van der Waals surface area contributed by atoms with Crippen LogP contribution in [0.2, 0.25) is 0 Å². The van der Waals surface area contributed by atoms with Crippen molar-refractivity contribution in [1.82, 2.24) is 15.5 Å². The second kappa shape index (κ2) is 9.32. The molecule has 0 saturated carbocycles. The molecule has 4 heteroatoms. The third kappa shape index (κ3) is 5.91. The first-order valence-electron chi connectivity index (χ1n) is 7.94. The van der Waals surface area contributed by atoms with Crippen LogP contribution in [0, 0.1) is 0 Å². The number of carbonyl (C=O) groups excluding carboxylic acids is 1. The Morgan fingerprint density at radius 2 is 2.21 bits per heavy atom. The maximum Gasteiger partial charge on any atom is 0.237 e. The highest BCUT2D eigenvalue weighted by Crippen LogP contribution is 2.10. The molecule has 0 spiro atoms. The summed E-state index contributed by atoms with van der Waals surface area (Å²) in [6.45, 7) is 10.1. The van der Waals surface area contributed by atoms with E-state index >= 15 is 0 Å². The SMILES string of the molecule is CCCCNC(=O)C(C)N(CC)CC1CCCCN1. The molecule has 2 unspecified atom stereocenters. The summed E-state index contributed by atoms with van der Waals surface area (Å²) in [5.74, 6) is 0.172. The molecule has 1 fully saturated rings. The van der Waals surface area contributed by atoms with E-state index in [1.165, 1.54) is 19.3 Å². The highest BCUT2D eigenvalue weighted by Gasteiger charge is 2.23. The molecule has 1 amide bonds. The number of rotatable bonds is 8. The molecule has 19 heavy (non-hydrogen) atoms. The van der Waals surface area contributed by atoms with E-state index in [1.807, 2.05) is 6.92 Å². The summed E-state index contributed by atoms with van der Waals surface area (Å²) < 4.78 is 0. The fraction of sp³-hybridized carbons (Fsp3) is 0.933. The van der Waals surface area contributed by atoms with Crippen molar-refractivity contribution in [2.45, 2.75) is 65.0 Å². The van der Waals surface area contributed by atoms with Gasteiger partial charge in [0.15, 0.2) is 0 Å². The third-order valence-corrected chi connectivity index (χ3v) is 4.03. The molecule has 4 nitrogen and oxygen atoms in total. The Hall–Kier alpha value is -0.610. The van der Waals surface area contributed by atoms with Gasteiger partial charge in [0, 0.05) is 19.1 Å². The van der Waals surface area contributed by atoms with Gasteiger partial charge >= 0.3 is 0 Å². The van der Waals surface area contributed by atoms with Gasteiger partial charge in [0.2, 0.25) is 5.91 Å². The fourth-order valence-electron chi connectivity index (χ4n) is 2.63. The topological polar surface area (TPSA) is 44.4 Å². The number of carbonyl (C=O) groups is 1. The van der Waals surface area contributed by atoms with Gasteiger partial charge in [-0.15, -0.1) is 0 Å². The van der Waals surface area contributed by atoms with Gasteiger partial charge in [0.05, 0.1) is 6.04 Å². The number of unbranched alkanes of at least 4 members (excludes halogenated alkanes) is 1. The van der Waals surface area contributed by atoms with Crippen LogP contribution in [-0.4, -0.2) is 49.1 Å². The van der Waals surface area contributed by atoms with Gasteiger partial charge in [-0.25, -0.2) is 0 Å². The average molecular weight is 269 g/mol. The summed E-state index contributed by atoms with van der Waals surface area (Å²) in [5, 5.41) is 6.59. The lowest BCUT2D eigenvalue weighted by atomic mass is 10.0. The zero-order chi connectivity index (χ0) is 14.1. The fourth-order valence-corrected chi connectivity index (χ4v) is 2.63. The largest absolute Gasteiger partial charge is 0.355 e. The first-order chi connectivity index (χ1) is 9.19. The molecule has 1 heterocycles. The molecule has 0 bridgehead atoms. The van der Waals surface area contributed by atoms with Crippen LogP contribution in [0.25, 0.3) is 0 Å². The molecular weight excluding hydrogens is 238 g/mol. The van der Waals surface area contributed by atoms with Crippen LogP contribution in [0.15, 0.2) is 0 Å². The van der Waals surface area contributed by atoms with E-state index in [-0.39, 0.29) is 11.9 Å². The van der Waals surface area contributed by atoms with Gasteiger partial charge in [0.1, 0.15) is 0 Å². The van der Waals surface area contributed by atoms with Crippen molar-refractivity contribution < 1.29 is 4.79 Å². The number of likely N-dealkylation sites (N-methyl/N-ethyl adjacent to an activating group) is 1. The van der Waals surface area contributed by atoms with Crippen molar-refractivity contribution in [3.63, 3.8) is 0 Å². The predicted octanol–water partition coefficient (Wildman–Crippen LogP) is 1.76. The zero-order valence-electron chi connectivity index (χ0n) is 12.9. The highest BCUT2D eigenvalue weighted by atomic mass is 16.2. The summed E-state index contributed by atoms with van der Waals surface area (Å²) in [7, 11) is 0. The maximum absolute atomic E-state index is 12.1. The predicted molar refractivity (Wildman–Crippen MR) is 80.3 cm³/mol. The number of amides is 1.